The van der Waals surface area contributed by atoms with E-state index in [1.54, 1.807) is 18.5 Å². The Hall–Kier alpha value is -4.60. The van der Waals surface area contributed by atoms with E-state index in [-0.39, 0.29) is 5.75 Å². The summed E-state index contributed by atoms with van der Waals surface area (Å²) < 4.78 is 15.9. The molecule has 0 aliphatic carbocycles. The van der Waals surface area contributed by atoms with Crippen molar-refractivity contribution in [2.24, 2.45) is 7.05 Å². The first-order valence-corrected chi connectivity index (χ1v) is 10.2. The Balaban J connectivity index is 1.52. The third-order valence-electron chi connectivity index (χ3n) is 5.74. The number of rotatable bonds is 3. The van der Waals surface area contributed by atoms with Gasteiger partial charge in [-0.15, -0.1) is 0 Å². The zero-order chi connectivity index (χ0) is 22.7. The van der Waals surface area contributed by atoms with Crippen LogP contribution in [0.1, 0.15) is 5.82 Å². The number of fused-ring (bicyclic) bond motifs is 2. The Morgan fingerprint density at radius 3 is 2.67 bits per heavy atom. The quantitative estimate of drug-likeness (QED) is 0.381. The Kier molecular flexibility index (Phi) is 4.03. The number of hydrogen-bond acceptors (Lipinski definition) is 6. The van der Waals surface area contributed by atoms with E-state index in [0.717, 1.165) is 28.5 Å². The molecule has 162 valence electrons. The lowest BCUT2D eigenvalue weighted by molar-refractivity contribution is 0.469. The predicted octanol–water partition coefficient (Wildman–Crippen LogP) is 4.12. The first-order chi connectivity index (χ1) is 16.0. The molecule has 6 aromatic rings. The first-order valence-electron chi connectivity index (χ1n) is 10.2. The van der Waals surface area contributed by atoms with Gasteiger partial charge in [-0.2, -0.15) is 5.10 Å². The number of phenolic OH excluding ortho intramolecular Hbond substituents is 1. The summed E-state index contributed by atoms with van der Waals surface area (Å²) in [6.07, 6.45) is 5.19. The second kappa shape index (κ2) is 6.95. The lowest BCUT2D eigenvalue weighted by Crippen LogP contribution is -1.94. The molecule has 0 aliphatic rings. The van der Waals surface area contributed by atoms with Crippen molar-refractivity contribution in [2.45, 2.75) is 6.92 Å². The minimum absolute atomic E-state index is 0.159. The maximum atomic E-state index is 13.9. The molecule has 5 heterocycles. The molecular weight excluding hydrogens is 423 g/mol. The number of benzene rings is 1. The van der Waals surface area contributed by atoms with Gasteiger partial charge >= 0.3 is 0 Å². The fraction of sp³-hybridized carbons (Fsp3) is 0.0870. The van der Waals surface area contributed by atoms with E-state index in [1.165, 1.54) is 12.1 Å². The van der Waals surface area contributed by atoms with Crippen LogP contribution in [0, 0.1) is 12.7 Å². The van der Waals surface area contributed by atoms with E-state index >= 15 is 0 Å². The Morgan fingerprint density at radius 2 is 1.88 bits per heavy atom. The summed E-state index contributed by atoms with van der Waals surface area (Å²) in [7, 11) is 1.95. The number of aromatic nitrogens is 8. The van der Waals surface area contributed by atoms with Gasteiger partial charge in [-0.1, -0.05) is 0 Å². The van der Waals surface area contributed by atoms with Crippen LogP contribution >= 0.6 is 0 Å². The molecule has 0 bridgehead atoms. The van der Waals surface area contributed by atoms with E-state index in [9.17, 15) is 9.50 Å². The minimum Gasteiger partial charge on any atom is -0.508 e. The van der Waals surface area contributed by atoms with Gasteiger partial charge < -0.3 is 14.7 Å². The summed E-state index contributed by atoms with van der Waals surface area (Å²) in [5.41, 5.74) is 5.25. The van der Waals surface area contributed by atoms with Crippen LogP contribution in [-0.2, 0) is 7.05 Å². The molecule has 0 amide bonds. The fourth-order valence-corrected chi connectivity index (χ4v) is 3.98. The lowest BCUT2D eigenvalue weighted by atomic mass is 10.1. The normalized spacial score (nSPS) is 11.6. The highest BCUT2D eigenvalue weighted by Crippen LogP contribution is 2.33. The van der Waals surface area contributed by atoms with Gasteiger partial charge in [0.05, 0.1) is 17.3 Å². The van der Waals surface area contributed by atoms with Crippen LogP contribution in [0.4, 0.5) is 4.39 Å². The van der Waals surface area contributed by atoms with Gasteiger partial charge in [0.2, 0.25) is 0 Å². The summed E-state index contributed by atoms with van der Waals surface area (Å²) in [5.74, 6) is 0.704. The highest BCUT2D eigenvalue weighted by molar-refractivity contribution is 5.96. The summed E-state index contributed by atoms with van der Waals surface area (Å²) in [4.78, 5) is 21.1. The first kappa shape index (κ1) is 19.1. The van der Waals surface area contributed by atoms with Gasteiger partial charge in [-0.25, -0.2) is 24.3 Å². The van der Waals surface area contributed by atoms with Crippen molar-refractivity contribution in [1.29, 1.82) is 0 Å². The molecule has 0 fully saturated rings. The summed E-state index contributed by atoms with van der Waals surface area (Å²) in [5, 5.41) is 18.0. The van der Waals surface area contributed by atoms with E-state index in [1.807, 2.05) is 30.8 Å². The molecule has 0 saturated heterocycles. The Labute approximate surface area is 186 Å². The summed E-state index contributed by atoms with van der Waals surface area (Å²) >= 11 is 0. The summed E-state index contributed by atoms with van der Waals surface area (Å²) in [6.45, 7) is 1.94. The number of phenols is 1. The smallest absolute Gasteiger partial charge is 0.161 e. The average molecular weight is 440 g/mol. The number of imidazole rings is 2. The molecule has 0 saturated carbocycles. The third-order valence-corrected chi connectivity index (χ3v) is 5.74. The second-order valence-electron chi connectivity index (χ2n) is 7.78. The molecule has 9 nitrogen and oxygen atoms in total. The molecule has 0 radical (unpaired) electrons. The zero-order valence-corrected chi connectivity index (χ0v) is 17.6. The number of aromatic hydroxyl groups is 1. The van der Waals surface area contributed by atoms with Crippen LogP contribution in [0.3, 0.4) is 0 Å². The topological polar surface area (TPSA) is 121 Å². The number of H-pyrrole nitrogens is 2. The number of aryl methyl sites for hydroxylation is 1. The van der Waals surface area contributed by atoms with E-state index in [2.05, 4.69) is 30.1 Å². The number of hydrogen-bond donors (Lipinski definition) is 3. The number of nitrogens with zero attached hydrogens (tertiary/aromatic N) is 6. The highest BCUT2D eigenvalue weighted by Gasteiger charge is 2.18. The minimum atomic E-state index is -0.534. The van der Waals surface area contributed by atoms with Crippen molar-refractivity contribution in [3.05, 3.63) is 60.6 Å². The second-order valence-corrected chi connectivity index (χ2v) is 7.78. The van der Waals surface area contributed by atoms with Gasteiger partial charge in [0, 0.05) is 36.6 Å². The Morgan fingerprint density at radius 1 is 1.00 bits per heavy atom. The number of halogens is 1. The molecule has 1 aromatic carbocycles. The molecule has 3 N–H and O–H groups in total. The van der Waals surface area contributed by atoms with Gasteiger partial charge in [-0.3, -0.25) is 5.10 Å². The molecule has 0 unspecified atom stereocenters. The molecular formula is C23H17FN8O. The fourth-order valence-electron chi connectivity index (χ4n) is 3.98. The van der Waals surface area contributed by atoms with E-state index in [4.69, 9.17) is 4.98 Å². The van der Waals surface area contributed by atoms with Gasteiger partial charge in [0.1, 0.15) is 28.6 Å². The van der Waals surface area contributed by atoms with E-state index < -0.39 is 5.82 Å². The van der Waals surface area contributed by atoms with Gasteiger partial charge in [-0.05, 0) is 36.8 Å². The van der Waals surface area contributed by atoms with Crippen LogP contribution in [0.5, 0.6) is 5.75 Å². The van der Waals surface area contributed by atoms with Crippen molar-refractivity contribution in [3.63, 3.8) is 0 Å². The van der Waals surface area contributed by atoms with Crippen molar-refractivity contribution in [3.8, 4) is 39.7 Å². The number of pyridine rings is 2. The molecule has 5 aromatic heterocycles. The Bertz CT molecular complexity index is 1660. The maximum absolute atomic E-state index is 13.9. The maximum Gasteiger partial charge on any atom is 0.161 e. The highest BCUT2D eigenvalue weighted by atomic mass is 19.1. The number of aromatic amines is 2. The molecule has 0 aliphatic heterocycles. The van der Waals surface area contributed by atoms with Crippen LogP contribution in [0.2, 0.25) is 0 Å². The van der Waals surface area contributed by atoms with Gasteiger partial charge in [0.15, 0.2) is 17.1 Å². The largest absolute Gasteiger partial charge is 0.508 e. The monoisotopic (exact) mass is 440 g/mol. The summed E-state index contributed by atoms with van der Waals surface area (Å²) in [6, 6.07) is 7.61. The van der Waals surface area contributed by atoms with Crippen LogP contribution < -0.4 is 0 Å². The third kappa shape index (κ3) is 3.03. The standard InChI is InChI=1S/C23H17FN8O/c1-11-26-10-18(32(11)2)13-7-17-20(30-31-21(17)27-9-13)23-28-19-16(3-4-25-22(19)29-23)12-5-14(24)8-15(33)6-12/h3-10,33H,1-2H3,(H,25,28,29)(H,27,30,31). The van der Waals surface area contributed by atoms with Crippen molar-refractivity contribution in [2.75, 3.05) is 0 Å². The molecule has 0 spiro atoms. The molecule has 6 rings (SSSR count). The molecule has 33 heavy (non-hydrogen) atoms. The average Bonchev–Trinajstić information content (AvgIpc) is 3.49. The molecule has 0 atom stereocenters. The van der Waals surface area contributed by atoms with Crippen molar-refractivity contribution < 1.29 is 9.50 Å². The molecule has 10 heteroatoms. The SMILES string of the molecule is Cc1ncc(-c2cnc3[nH]nc(-c4nc5c(-c6cc(O)cc(F)c6)ccnc5[nH]4)c3c2)n1C. The van der Waals surface area contributed by atoms with Crippen molar-refractivity contribution >= 4 is 22.2 Å². The van der Waals surface area contributed by atoms with Gasteiger partial charge in [0.25, 0.3) is 0 Å². The predicted molar refractivity (Wildman–Crippen MR) is 121 cm³/mol. The number of nitrogens with one attached hydrogen (secondary N) is 2. The van der Waals surface area contributed by atoms with Crippen LogP contribution in [0.15, 0.2) is 48.9 Å². The van der Waals surface area contributed by atoms with Crippen molar-refractivity contribution in [1.82, 2.24) is 39.7 Å². The lowest BCUT2D eigenvalue weighted by Gasteiger charge is -2.04. The zero-order valence-electron chi connectivity index (χ0n) is 17.6. The van der Waals surface area contributed by atoms with E-state index in [0.29, 0.717) is 39.5 Å². The van der Waals surface area contributed by atoms with Crippen LogP contribution in [-0.4, -0.2) is 44.8 Å². The van der Waals surface area contributed by atoms with Crippen LogP contribution in [0.25, 0.3) is 56.1 Å².